The number of hydrogen-bond donors (Lipinski definition) is 0. The molecule has 7 aromatic carbocycles. The largest absolute Gasteiger partial charge is 0.311 e. The molecule has 0 aliphatic carbocycles. The van der Waals surface area contributed by atoms with Gasteiger partial charge in [-0.15, -0.1) is 11.3 Å². The van der Waals surface area contributed by atoms with Crippen molar-refractivity contribution < 1.29 is 0 Å². The Hall–Kier alpha value is -5.64. The molecule has 2 aromatic heterocycles. The van der Waals surface area contributed by atoms with Gasteiger partial charge >= 0.3 is 0 Å². The molecule has 0 bridgehead atoms. The fourth-order valence-electron chi connectivity index (χ4n) is 6.73. The van der Waals surface area contributed by atoms with Gasteiger partial charge < -0.3 is 9.47 Å². The van der Waals surface area contributed by atoms with Crippen LogP contribution < -0.4 is 4.90 Å². The lowest BCUT2D eigenvalue weighted by atomic mass is 10.0. The number of hydrogen-bond acceptors (Lipinski definition) is 2. The molecule has 3 heteroatoms. The maximum Gasteiger partial charge on any atom is 0.0555 e. The highest BCUT2D eigenvalue weighted by Crippen LogP contribution is 2.44. The molecule has 9 aromatic rings. The number of aromatic nitrogens is 1. The van der Waals surface area contributed by atoms with Gasteiger partial charge in [-0.05, 0) is 83.9 Å². The number of nitrogens with zero attached hydrogens (tertiary/aromatic N) is 2. The summed E-state index contributed by atoms with van der Waals surface area (Å²) < 4.78 is 5.09. The summed E-state index contributed by atoms with van der Waals surface area (Å²) >= 11 is 1.90. The lowest BCUT2D eigenvalue weighted by molar-refractivity contribution is 1.18. The Bertz CT molecular complexity index is 2420. The van der Waals surface area contributed by atoms with Gasteiger partial charge in [0.25, 0.3) is 0 Å². The Morgan fingerprint density at radius 2 is 1.00 bits per heavy atom. The fourth-order valence-corrected chi connectivity index (χ4v) is 7.98. The van der Waals surface area contributed by atoms with Gasteiger partial charge in [-0.2, -0.15) is 0 Å². The Labute approximate surface area is 265 Å². The second-order valence-electron chi connectivity index (χ2n) is 11.4. The third kappa shape index (κ3) is 4.24. The summed E-state index contributed by atoms with van der Waals surface area (Å²) in [6.07, 6.45) is 0. The average Bonchev–Trinajstić information content (AvgIpc) is 3.65. The van der Waals surface area contributed by atoms with E-state index in [4.69, 9.17) is 0 Å². The van der Waals surface area contributed by atoms with E-state index < -0.39 is 0 Å². The molecule has 0 radical (unpaired) electrons. The zero-order chi connectivity index (χ0) is 29.7. The highest BCUT2D eigenvalue weighted by Gasteiger charge is 2.18. The van der Waals surface area contributed by atoms with Crippen LogP contribution in [0.4, 0.5) is 17.1 Å². The average molecular weight is 593 g/mol. The molecule has 45 heavy (non-hydrogen) atoms. The normalized spacial score (nSPS) is 11.6. The highest BCUT2D eigenvalue weighted by molar-refractivity contribution is 7.26. The number of thiophene rings is 1. The summed E-state index contributed by atoms with van der Waals surface area (Å²) in [4.78, 5) is 2.30. The molecule has 0 aliphatic heterocycles. The van der Waals surface area contributed by atoms with Crippen LogP contribution in [0, 0.1) is 0 Å². The van der Waals surface area contributed by atoms with Crippen molar-refractivity contribution in [2.45, 2.75) is 0 Å². The van der Waals surface area contributed by atoms with Gasteiger partial charge in [0.1, 0.15) is 0 Å². The highest BCUT2D eigenvalue weighted by atomic mass is 32.1. The maximum atomic E-state index is 2.42. The van der Waals surface area contributed by atoms with E-state index in [9.17, 15) is 0 Å². The van der Waals surface area contributed by atoms with Crippen molar-refractivity contribution in [2.75, 3.05) is 4.90 Å². The summed E-state index contributed by atoms with van der Waals surface area (Å²) in [6.45, 7) is 0. The number of fused-ring (bicyclic) bond motifs is 7. The second-order valence-corrected chi connectivity index (χ2v) is 12.4. The zero-order valence-corrected chi connectivity index (χ0v) is 25.3. The first-order valence-corrected chi connectivity index (χ1v) is 16.1. The minimum absolute atomic E-state index is 1.13. The van der Waals surface area contributed by atoms with Crippen LogP contribution in [0.3, 0.4) is 0 Å². The molecule has 0 fully saturated rings. The number of benzene rings is 7. The molecular weight excluding hydrogens is 565 g/mol. The molecule has 0 N–H and O–H groups in total. The summed E-state index contributed by atoms with van der Waals surface area (Å²) in [5, 5.41) is 5.26. The minimum atomic E-state index is 1.13. The summed E-state index contributed by atoms with van der Waals surface area (Å²) in [5.74, 6) is 0. The van der Waals surface area contributed by atoms with Gasteiger partial charge in [-0.1, -0.05) is 97.1 Å². The summed E-state index contributed by atoms with van der Waals surface area (Å²) in [7, 11) is 0. The first kappa shape index (κ1) is 25.8. The molecule has 0 atom stereocenters. The predicted molar refractivity (Wildman–Crippen MR) is 194 cm³/mol. The first-order valence-electron chi connectivity index (χ1n) is 15.3. The van der Waals surface area contributed by atoms with E-state index in [0.29, 0.717) is 0 Å². The molecule has 0 spiro atoms. The van der Waals surface area contributed by atoms with Gasteiger partial charge in [0.05, 0.1) is 11.0 Å². The van der Waals surface area contributed by atoms with E-state index in [1.165, 1.54) is 58.8 Å². The molecule has 0 unspecified atom stereocenters. The van der Waals surface area contributed by atoms with E-state index >= 15 is 0 Å². The Morgan fingerprint density at radius 1 is 0.422 bits per heavy atom. The van der Waals surface area contributed by atoms with Crippen LogP contribution in [0.15, 0.2) is 170 Å². The molecule has 212 valence electrons. The van der Waals surface area contributed by atoms with Crippen LogP contribution in [0.2, 0.25) is 0 Å². The smallest absolute Gasteiger partial charge is 0.0555 e. The fraction of sp³-hybridized carbons (Fsp3) is 0. The van der Waals surface area contributed by atoms with Gasteiger partial charge in [-0.3, -0.25) is 0 Å². The first-order chi connectivity index (χ1) is 22.3. The van der Waals surface area contributed by atoms with Crippen molar-refractivity contribution in [3.05, 3.63) is 170 Å². The molecule has 0 amide bonds. The van der Waals surface area contributed by atoms with E-state index in [1.807, 2.05) is 11.3 Å². The zero-order valence-electron chi connectivity index (χ0n) is 24.5. The van der Waals surface area contributed by atoms with Gasteiger partial charge in [-0.25, -0.2) is 0 Å². The standard InChI is InChI=1S/C42H28N2S/c1-4-12-31(13-5-1)43(32-14-6-2-7-15-32)34-23-20-29(21-24-34)30-22-26-38-37(28-30)41-39(44(38)33-16-8-3-9-17-33)27-25-36-35-18-10-11-19-40(35)45-42(36)41/h1-28H. The van der Waals surface area contributed by atoms with Crippen LogP contribution in [-0.2, 0) is 0 Å². The van der Waals surface area contributed by atoms with Crippen molar-refractivity contribution in [3.8, 4) is 16.8 Å². The second kappa shape index (κ2) is 10.5. The van der Waals surface area contributed by atoms with Crippen molar-refractivity contribution in [1.82, 2.24) is 4.57 Å². The number of anilines is 3. The molecule has 0 saturated heterocycles. The topological polar surface area (TPSA) is 8.17 Å². The van der Waals surface area contributed by atoms with Gasteiger partial charge in [0.2, 0.25) is 0 Å². The Balaban J connectivity index is 1.23. The van der Waals surface area contributed by atoms with E-state index in [0.717, 1.165) is 17.1 Å². The van der Waals surface area contributed by atoms with Crippen molar-refractivity contribution in [1.29, 1.82) is 0 Å². The minimum Gasteiger partial charge on any atom is -0.311 e. The Morgan fingerprint density at radius 3 is 1.71 bits per heavy atom. The third-order valence-corrected chi connectivity index (χ3v) is 9.98. The van der Waals surface area contributed by atoms with Gasteiger partial charge in [0, 0.05) is 53.7 Å². The van der Waals surface area contributed by atoms with Crippen LogP contribution in [0.1, 0.15) is 0 Å². The number of para-hydroxylation sites is 3. The molecule has 2 nitrogen and oxygen atoms in total. The third-order valence-electron chi connectivity index (χ3n) is 8.77. The van der Waals surface area contributed by atoms with Gasteiger partial charge in [0.15, 0.2) is 0 Å². The van der Waals surface area contributed by atoms with Crippen molar-refractivity contribution >= 4 is 70.4 Å². The monoisotopic (exact) mass is 592 g/mol. The predicted octanol–water partition coefficient (Wildman–Crippen LogP) is 12.3. The maximum absolute atomic E-state index is 2.42. The van der Waals surface area contributed by atoms with E-state index in [-0.39, 0.29) is 0 Å². The summed E-state index contributed by atoms with van der Waals surface area (Å²) in [5.41, 5.74) is 9.46. The Kier molecular flexibility index (Phi) is 6.03. The molecule has 0 aliphatic rings. The lowest BCUT2D eigenvalue weighted by Crippen LogP contribution is -2.09. The van der Waals surface area contributed by atoms with E-state index in [2.05, 4.69) is 179 Å². The van der Waals surface area contributed by atoms with Crippen LogP contribution in [-0.4, -0.2) is 4.57 Å². The van der Waals surface area contributed by atoms with E-state index in [1.54, 1.807) is 0 Å². The van der Waals surface area contributed by atoms with Crippen LogP contribution >= 0.6 is 11.3 Å². The van der Waals surface area contributed by atoms with Crippen molar-refractivity contribution in [2.24, 2.45) is 0 Å². The van der Waals surface area contributed by atoms with Crippen LogP contribution in [0.25, 0.3) is 58.8 Å². The lowest BCUT2D eigenvalue weighted by Gasteiger charge is -2.25. The van der Waals surface area contributed by atoms with Crippen molar-refractivity contribution in [3.63, 3.8) is 0 Å². The van der Waals surface area contributed by atoms with Crippen LogP contribution in [0.5, 0.6) is 0 Å². The quantitative estimate of drug-likeness (QED) is 0.193. The molecular formula is C42H28N2S. The molecule has 0 saturated carbocycles. The molecule has 2 heterocycles. The summed E-state index contributed by atoms with van der Waals surface area (Å²) in [6, 6.07) is 61.2. The molecule has 9 rings (SSSR count). The number of rotatable bonds is 5. The SMILES string of the molecule is c1ccc(N(c2ccccc2)c2ccc(-c3ccc4c(c3)c3c5sc6ccccc6c5ccc3n4-c3ccccc3)cc2)cc1.